The van der Waals surface area contributed by atoms with Crippen LogP contribution in [0.5, 0.6) is 5.88 Å². The Balaban J connectivity index is 1.46. The van der Waals surface area contributed by atoms with E-state index in [1.165, 1.54) is 27.8 Å². The van der Waals surface area contributed by atoms with E-state index in [1.807, 2.05) is 12.3 Å². The number of nitrogens with one attached hydrogen (secondary N) is 1. The topological polar surface area (TPSA) is 55.0 Å². The smallest absolute Gasteiger partial charge is 0.213 e. The molecule has 4 heteroatoms. The average molecular weight is 396 g/mol. The van der Waals surface area contributed by atoms with Gasteiger partial charge in [-0.25, -0.2) is 4.98 Å². The van der Waals surface area contributed by atoms with Crippen LogP contribution < -0.4 is 4.74 Å². The van der Waals surface area contributed by atoms with E-state index < -0.39 is 0 Å². The first-order chi connectivity index (χ1) is 14.6. The third kappa shape index (κ3) is 3.28. The number of benzene rings is 2. The second-order valence-corrected chi connectivity index (χ2v) is 8.02. The second kappa shape index (κ2) is 7.45. The van der Waals surface area contributed by atoms with Crippen LogP contribution in [0.25, 0.3) is 33.3 Å². The molecular formula is C26H24N2O2. The molecule has 4 nitrogen and oxygen atoms in total. The number of ketones is 1. The van der Waals surface area contributed by atoms with Crippen LogP contribution in [0.15, 0.2) is 54.7 Å². The lowest BCUT2D eigenvalue weighted by molar-refractivity contribution is -0.116. The Morgan fingerprint density at radius 1 is 1.10 bits per heavy atom. The van der Waals surface area contributed by atoms with Gasteiger partial charge in [-0.3, -0.25) is 4.79 Å². The summed E-state index contributed by atoms with van der Waals surface area (Å²) in [6.45, 7) is 4.41. The quantitative estimate of drug-likeness (QED) is 0.399. The maximum atomic E-state index is 11.5. The standard InChI is InChI=1S/C26H24N2O2/c1-3-10-30-25-9-6-19(15-27-25)18-5-8-22-23-13-20-12-17(11-16(2)29)4-7-21(20)26(23)28-24(22)14-18/h4-9,12,14-15,28H,3,10-11,13H2,1-2H3. The van der Waals surface area contributed by atoms with Crippen LogP contribution >= 0.6 is 0 Å². The number of aromatic amines is 1. The molecule has 2 aromatic heterocycles. The van der Waals surface area contributed by atoms with Crippen molar-refractivity contribution in [1.29, 1.82) is 0 Å². The average Bonchev–Trinajstić information content (AvgIpc) is 3.27. The van der Waals surface area contributed by atoms with Crippen molar-refractivity contribution in [3.8, 4) is 28.3 Å². The highest BCUT2D eigenvalue weighted by Gasteiger charge is 2.23. The predicted molar refractivity (Wildman–Crippen MR) is 120 cm³/mol. The lowest BCUT2D eigenvalue weighted by atomic mass is 10.0. The summed E-state index contributed by atoms with van der Waals surface area (Å²) in [5, 5.41) is 1.26. The van der Waals surface area contributed by atoms with Gasteiger partial charge in [-0.15, -0.1) is 0 Å². The number of carbonyl (C=O) groups is 1. The van der Waals surface area contributed by atoms with Crippen molar-refractivity contribution < 1.29 is 9.53 Å². The maximum absolute atomic E-state index is 11.5. The van der Waals surface area contributed by atoms with Gasteiger partial charge in [0.25, 0.3) is 0 Å². The number of hydrogen-bond donors (Lipinski definition) is 1. The minimum absolute atomic E-state index is 0.198. The predicted octanol–water partition coefficient (Wildman–Crippen LogP) is 5.72. The summed E-state index contributed by atoms with van der Waals surface area (Å²) in [6, 6.07) is 16.9. The molecule has 0 bridgehead atoms. The molecule has 1 aliphatic rings. The van der Waals surface area contributed by atoms with Gasteiger partial charge in [-0.05, 0) is 47.7 Å². The van der Waals surface area contributed by atoms with Crippen LogP contribution in [0, 0.1) is 0 Å². The van der Waals surface area contributed by atoms with Gasteiger partial charge >= 0.3 is 0 Å². The largest absolute Gasteiger partial charge is 0.478 e. The van der Waals surface area contributed by atoms with E-state index in [2.05, 4.69) is 59.4 Å². The normalized spacial score (nSPS) is 12.1. The highest BCUT2D eigenvalue weighted by atomic mass is 16.5. The summed E-state index contributed by atoms with van der Waals surface area (Å²) in [5.41, 5.74) is 9.53. The summed E-state index contributed by atoms with van der Waals surface area (Å²) in [5.74, 6) is 0.866. The molecule has 0 amide bonds. The van der Waals surface area contributed by atoms with E-state index in [4.69, 9.17) is 4.74 Å². The van der Waals surface area contributed by atoms with Crippen LogP contribution in [-0.2, 0) is 17.6 Å². The molecule has 150 valence electrons. The molecule has 0 unspecified atom stereocenters. The van der Waals surface area contributed by atoms with Gasteiger partial charge in [-0.1, -0.05) is 37.3 Å². The SMILES string of the molecule is CCCOc1ccc(-c2ccc3c4c([nH]c3c2)-c2ccc(CC(C)=O)cc2C4)cn1. The number of hydrogen-bond acceptors (Lipinski definition) is 3. The van der Waals surface area contributed by atoms with Crippen molar-refractivity contribution in [3.05, 3.63) is 71.4 Å². The summed E-state index contributed by atoms with van der Waals surface area (Å²) in [6.07, 6.45) is 4.25. The molecule has 5 rings (SSSR count). The van der Waals surface area contributed by atoms with Gasteiger partial charge < -0.3 is 9.72 Å². The number of pyridine rings is 1. The van der Waals surface area contributed by atoms with Crippen molar-refractivity contribution in [2.24, 2.45) is 0 Å². The Morgan fingerprint density at radius 2 is 1.97 bits per heavy atom. The highest BCUT2D eigenvalue weighted by Crippen LogP contribution is 2.41. The lowest BCUT2D eigenvalue weighted by Gasteiger charge is -2.06. The van der Waals surface area contributed by atoms with Gasteiger partial charge in [0.05, 0.1) is 12.3 Å². The summed E-state index contributed by atoms with van der Waals surface area (Å²) >= 11 is 0. The fourth-order valence-corrected chi connectivity index (χ4v) is 4.32. The number of fused-ring (bicyclic) bond motifs is 5. The lowest BCUT2D eigenvalue weighted by Crippen LogP contribution is -1.97. The fourth-order valence-electron chi connectivity index (χ4n) is 4.32. The zero-order chi connectivity index (χ0) is 20.7. The number of aromatic nitrogens is 2. The van der Waals surface area contributed by atoms with Gasteiger partial charge in [0.1, 0.15) is 5.78 Å². The van der Waals surface area contributed by atoms with Crippen molar-refractivity contribution in [2.45, 2.75) is 33.1 Å². The zero-order valence-corrected chi connectivity index (χ0v) is 17.3. The molecule has 30 heavy (non-hydrogen) atoms. The fraction of sp³-hybridized carbons (Fsp3) is 0.231. The van der Waals surface area contributed by atoms with Crippen LogP contribution in [0.3, 0.4) is 0 Å². The third-order valence-electron chi connectivity index (χ3n) is 5.69. The first-order valence-electron chi connectivity index (χ1n) is 10.5. The molecule has 0 spiro atoms. The Bertz CT molecular complexity index is 1250. The Hall–Kier alpha value is -3.40. The van der Waals surface area contributed by atoms with E-state index in [1.54, 1.807) is 6.92 Å². The first-order valence-corrected chi connectivity index (χ1v) is 10.5. The molecule has 2 aromatic carbocycles. The van der Waals surface area contributed by atoms with Crippen LogP contribution in [0.2, 0.25) is 0 Å². The number of carbonyl (C=O) groups excluding carboxylic acids is 1. The van der Waals surface area contributed by atoms with Gasteiger partial charge in [0.15, 0.2) is 0 Å². The van der Waals surface area contributed by atoms with Gasteiger partial charge in [-0.2, -0.15) is 0 Å². The van der Waals surface area contributed by atoms with E-state index >= 15 is 0 Å². The number of nitrogens with zero attached hydrogens (tertiary/aromatic N) is 1. The molecule has 0 aliphatic heterocycles. The Labute approximate surface area is 175 Å². The Kier molecular flexibility index (Phi) is 4.62. The van der Waals surface area contributed by atoms with Crippen LogP contribution in [-0.4, -0.2) is 22.4 Å². The first kappa shape index (κ1) is 18.6. The number of H-pyrrole nitrogens is 1. The Morgan fingerprint density at radius 3 is 2.73 bits per heavy atom. The molecule has 1 N–H and O–H groups in total. The minimum atomic E-state index is 0.198. The molecule has 0 atom stereocenters. The van der Waals surface area contributed by atoms with E-state index in [0.717, 1.165) is 35.0 Å². The highest BCUT2D eigenvalue weighted by molar-refractivity contribution is 5.96. The van der Waals surface area contributed by atoms with Crippen molar-refractivity contribution in [2.75, 3.05) is 6.61 Å². The maximum Gasteiger partial charge on any atom is 0.213 e. The zero-order valence-electron chi connectivity index (χ0n) is 17.3. The van der Waals surface area contributed by atoms with Gasteiger partial charge in [0, 0.05) is 47.1 Å². The number of rotatable bonds is 6. The van der Waals surface area contributed by atoms with E-state index in [0.29, 0.717) is 18.9 Å². The number of Topliss-reactive ketones (excluding diaryl/α,β-unsaturated/α-hetero) is 1. The molecule has 0 radical (unpaired) electrons. The summed E-state index contributed by atoms with van der Waals surface area (Å²) in [7, 11) is 0. The molecular weight excluding hydrogens is 372 g/mol. The molecule has 0 saturated heterocycles. The summed E-state index contributed by atoms with van der Waals surface area (Å²) < 4.78 is 5.58. The van der Waals surface area contributed by atoms with E-state index in [9.17, 15) is 4.79 Å². The minimum Gasteiger partial charge on any atom is -0.478 e. The van der Waals surface area contributed by atoms with Crippen LogP contribution in [0.4, 0.5) is 0 Å². The molecule has 4 aromatic rings. The summed E-state index contributed by atoms with van der Waals surface area (Å²) in [4.78, 5) is 19.5. The second-order valence-electron chi connectivity index (χ2n) is 8.02. The van der Waals surface area contributed by atoms with Crippen molar-refractivity contribution >= 4 is 16.7 Å². The van der Waals surface area contributed by atoms with Crippen molar-refractivity contribution in [1.82, 2.24) is 9.97 Å². The van der Waals surface area contributed by atoms with Crippen molar-refractivity contribution in [3.63, 3.8) is 0 Å². The molecule has 2 heterocycles. The molecule has 0 saturated carbocycles. The third-order valence-corrected chi connectivity index (χ3v) is 5.69. The number of ether oxygens (including phenoxy) is 1. The van der Waals surface area contributed by atoms with Crippen LogP contribution in [0.1, 0.15) is 37.0 Å². The molecule has 1 aliphatic carbocycles. The van der Waals surface area contributed by atoms with Gasteiger partial charge in [0.2, 0.25) is 5.88 Å². The monoisotopic (exact) mass is 396 g/mol. The molecule has 0 fully saturated rings. The van der Waals surface area contributed by atoms with E-state index in [-0.39, 0.29) is 5.78 Å².